The Kier molecular flexibility index (Phi) is 5.67. The van der Waals surface area contributed by atoms with Gasteiger partial charge in [-0.25, -0.2) is 0 Å². The fourth-order valence-corrected chi connectivity index (χ4v) is 3.51. The van der Waals surface area contributed by atoms with Gasteiger partial charge in [0.2, 0.25) is 0 Å². The lowest BCUT2D eigenvalue weighted by atomic mass is 9.87. The second kappa shape index (κ2) is 7.05. The summed E-state index contributed by atoms with van der Waals surface area (Å²) in [5.41, 5.74) is 6.44. The fourth-order valence-electron chi connectivity index (χ4n) is 3.51. The van der Waals surface area contributed by atoms with Crippen molar-refractivity contribution in [2.75, 3.05) is 39.3 Å². The topological polar surface area (TPSA) is 32.5 Å². The number of nitrogens with zero attached hydrogens (tertiary/aromatic N) is 2. The van der Waals surface area contributed by atoms with E-state index in [0.717, 1.165) is 12.5 Å². The Morgan fingerprint density at radius 2 is 1.79 bits per heavy atom. The first-order chi connectivity index (χ1) is 9.24. The van der Waals surface area contributed by atoms with Crippen molar-refractivity contribution in [1.29, 1.82) is 0 Å². The maximum Gasteiger partial charge on any atom is 0.0330 e. The van der Waals surface area contributed by atoms with Crippen molar-refractivity contribution >= 4 is 0 Å². The molecule has 1 atom stereocenters. The van der Waals surface area contributed by atoms with Crippen LogP contribution in [-0.4, -0.2) is 54.6 Å². The summed E-state index contributed by atoms with van der Waals surface area (Å²) in [5.74, 6) is 1.03. The molecular formula is C16H33N3. The van der Waals surface area contributed by atoms with Crippen molar-refractivity contribution in [3.8, 4) is 0 Å². The van der Waals surface area contributed by atoms with Gasteiger partial charge in [0.15, 0.2) is 0 Å². The minimum absolute atomic E-state index is 0.279. The lowest BCUT2D eigenvalue weighted by Gasteiger charge is -2.47. The van der Waals surface area contributed by atoms with E-state index in [4.69, 9.17) is 5.73 Å². The van der Waals surface area contributed by atoms with E-state index in [1.165, 1.54) is 71.2 Å². The van der Waals surface area contributed by atoms with Crippen molar-refractivity contribution in [3.05, 3.63) is 0 Å². The van der Waals surface area contributed by atoms with Gasteiger partial charge in [0.25, 0.3) is 0 Å². The summed E-state index contributed by atoms with van der Waals surface area (Å²) in [5, 5.41) is 0. The van der Waals surface area contributed by atoms with Gasteiger partial charge < -0.3 is 10.6 Å². The smallest absolute Gasteiger partial charge is 0.0330 e. The molecule has 1 aliphatic heterocycles. The zero-order chi connectivity index (χ0) is 13.7. The van der Waals surface area contributed by atoms with Gasteiger partial charge in [-0.1, -0.05) is 26.7 Å². The first-order valence-corrected chi connectivity index (χ1v) is 8.41. The molecule has 0 aromatic carbocycles. The Morgan fingerprint density at radius 3 is 2.26 bits per heavy atom. The zero-order valence-electron chi connectivity index (χ0n) is 13.0. The fraction of sp³-hybridized carbons (Fsp3) is 1.00. The number of rotatable bonds is 8. The van der Waals surface area contributed by atoms with Crippen LogP contribution >= 0.6 is 0 Å². The highest BCUT2D eigenvalue weighted by molar-refractivity contribution is 4.93. The maximum absolute atomic E-state index is 6.16. The van der Waals surface area contributed by atoms with Crippen LogP contribution in [0.3, 0.4) is 0 Å². The lowest BCUT2D eigenvalue weighted by Crippen LogP contribution is -2.60. The average Bonchev–Trinajstić information content (AvgIpc) is 3.26. The molecular weight excluding hydrogens is 234 g/mol. The predicted molar refractivity (Wildman–Crippen MR) is 82.3 cm³/mol. The van der Waals surface area contributed by atoms with Gasteiger partial charge in [-0.2, -0.15) is 0 Å². The maximum atomic E-state index is 6.16. The third kappa shape index (κ3) is 3.93. The quantitative estimate of drug-likeness (QED) is 0.732. The van der Waals surface area contributed by atoms with Crippen LogP contribution in [0.1, 0.15) is 52.4 Å². The summed E-state index contributed by atoms with van der Waals surface area (Å²) < 4.78 is 0. The lowest BCUT2D eigenvalue weighted by molar-refractivity contribution is 0.0253. The Bertz CT molecular complexity index is 251. The van der Waals surface area contributed by atoms with Crippen LogP contribution in [0, 0.1) is 5.92 Å². The van der Waals surface area contributed by atoms with Crippen LogP contribution < -0.4 is 5.73 Å². The van der Waals surface area contributed by atoms with E-state index in [2.05, 4.69) is 23.6 Å². The molecule has 0 spiro atoms. The average molecular weight is 267 g/mol. The van der Waals surface area contributed by atoms with E-state index in [1.54, 1.807) is 0 Å². The third-order valence-electron chi connectivity index (χ3n) is 5.29. The molecule has 0 bridgehead atoms. The highest BCUT2D eigenvalue weighted by Crippen LogP contribution is 2.31. The molecule has 1 saturated heterocycles. The van der Waals surface area contributed by atoms with Crippen molar-refractivity contribution in [1.82, 2.24) is 9.80 Å². The van der Waals surface area contributed by atoms with Crippen LogP contribution in [-0.2, 0) is 0 Å². The summed E-state index contributed by atoms with van der Waals surface area (Å²) in [6.07, 6.45) is 8.01. The Morgan fingerprint density at radius 1 is 1.11 bits per heavy atom. The van der Waals surface area contributed by atoms with Crippen LogP contribution in [0.25, 0.3) is 0 Å². The molecule has 1 aliphatic carbocycles. The second-order valence-electron chi connectivity index (χ2n) is 6.62. The molecule has 0 amide bonds. The van der Waals surface area contributed by atoms with E-state index < -0.39 is 0 Å². The third-order valence-corrected chi connectivity index (χ3v) is 5.29. The molecule has 2 fully saturated rings. The summed E-state index contributed by atoms with van der Waals surface area (Å²) in [7, 11) is 0. The van der Waals surface area contributed by atoms with Gasteiger partial charge in [-0.05, 0) is 31.6 Å². The Hall–Kier alpha value is -0.120. The van der Waals surface area contributed by atoms with Gasteiger partial charge in [0.1, 0.15) is 0 Å². The number of piperazine rings is 1. The van der Waals surface area contributed by atoms with Crippen molar-refractivity contribution in [2.45, 2.75) is 57.9 Å². The van der Waals surface area contributed by atoms with Crippen molar-refractivity contribution in [3.63, 3.8) is 0 Å². The molecule has 0 aromatic rings. The van der Waals surface area contributed by atoms with Gasteiger partial charge in [0, 0.05) is 44.8 Å². The standard InChI is InChI=1S/C16H33N3/c1-3-5-8-16(4-2,14-17)19-11-9-18(10-12-19)13-15-6-7-15/h15H,3-14,17H2,1-2H3. The summed E-state index contributed by atoms with van der Waals surface area (Å²) in [4.78, 5) is 5.37. The Balaban J connectivity index is 1.84. The summed E-state index contributed by atoms with van der Waals surface area (Å²) >= 11 is 0. The molecule has 19 heavy (non-hydrogen) atoms. The predicted octanol–water partition coefficient (Wildman–Crippen LogP) is 2.31. The van der Waals surface area contributed by atoms with Crippen LogP contribution in [0.4, 0.5) is 0 Å². The molecule has 0 radical (unpaired) electrons. The SMILES string of the molecule is CCCCC(CC)(CN)N1CCN(CC2CC2)CC1. The Labute approximate surface area is 119 Å². The summed E-state index contributed by atoms with van der Waals surface area (Å²) in [6.45, 7) is 11.7. The van der Waals surface area contributed by atoms with Gasteiger partial charge in [0.05, 0.1) is 0 Å². The van der Waals surface area contributed by atoms with Gasteiger partial charge in [-0.3, -0.25) is 4.90 Å². The largest absolute Gasteiger partial charge is 0.329 e. The van der Waals surface area contributed by atoms with Crippen molar-refractivity contribution < 1.29 is 0 Å². The molecule has 1 unspecified atom stereocenters. The molecule has 3 heteroatoms. The van der Waals surface area contributed by atoms with Gasteiger partial charge in [-0.15, -0.1) is 0 Å². The molecule has 1 heterocycles. The monoisotopic (exact) mass is 267 g/mol. The van der Waals surface area contributed by atoms with E-state index in [-0.39, 0.29) is 5.54 Å². The summed E-state index contributed by atoms with van der Waals surface area (Å²) in [6, 6.07) is 0. The van der Waals surface area contributed by atoms with E-state index >= 15 is 0 Å². The zero-order valence-corrected chi connectivity index (χ0v) is 13.0. The highest BCUT2D eigenvalue weighted by Gasteiger charge is 2.35. The first-order valence-electron chi connectivity index (χ1n) is 8.41. The second-order valence-corrected chi connectivity index (χ2v) is 6.62. The van der Waals surface area contributed by atoms with Crippen LogP contribution in [0.2, 0.25) is 0 Å². The van der Waals surface area contributed by atoms with Gasteiger partial charge >= 0.3 is 0 Å². The normalized spacial score (nSPS) is 25.4. The molecule has 112 valence electrons. The molecule has 0 aromatic heterocycles. The van der Waals surface area contributed by atoms with Crippen LogP contribution in [0.15, 0.2) is 0 Å². The van der Waals surface area contributed by atoms with E-state index in [0.29, 0.717) is 0 Å². The number of hydrogen-bond donors (Lipinski definition) is 1. The molecule has 2 aliphatic rings. The molecule has 2 rings (SSSR count). The molecule has 3 nitrogen and oxygen atoms in total. The number of hydrogen-bond acceptors (Lipinski definition) is 3. The molecule has 1 saturated carbocycles. The minimum atomic E-state index is 0.279. The first kappa shape index (κ1) is 15.3. The minimum Gasteiger partial charge on any atom is -0.329 e. The van der Waals surface area contributed by atoms with Crippen molar-refractivity contribution in [2.24, 2.45) is 11.7 Å². The van der Waals surface area contributed by atoms with E-state index in [9.17, 15) is 0 Å². The number of nitrogens with two attached hydrogens (primary N) is 1. The number of unbranched alkanes of at least 4 members (excludes halogenated alkanes) is 1. The highest BCUT2D eigenvalue weighted by atomic mass is 15.3. The molecule has 2 N–H and O–H groups in total. The van der Waals surface area contributed by atoms with E-state index in [1.807, 2.05) is 0 Å². The van der Waals surface area contributed by atoms with Crippen LogP contribution in [0.5, 0.6) is 0 Å².